The molecule has 2 aliphatic rings. The third-order valence-corrected chi connectivity index (χ3v) is 9.74. The van der Waals surface area contributed by atoms with E-state index in [1.807, 2.05) is 0 Å². The van der Waals surface area contributed by atoms with Crippen molar-refractivity contribution in [2.24, 2.45) is 5.92 Å². The van der Waals surface area contributed by atoms with Crippen LogP contribution in [0.1, 0.15) is 21.9 Å². The number of halogens is 5. The first-order valence-electron chi connectivity index (χ1n) is 12.7. The Morgan fingerprint density at radius 2 is 1.53 bits per heavy atom. The summed E-state index contributed by atoms with van der Waals surface area (Å²) in [7, 11) is 0. The minimum absolute atomic E-state index is 0.125. The van der Waals surface area contributed by atoms with Crippen molar-refractivity contribution in [1.82, 2.24) is 4.57 Å². The van der Waals surface area contributed by atoms with Gasteiger partial charge in [-0.05, 0) is 60.2 Å². The second-order valence-corrected chi connectivity index (χ2v) is 12.0. The molecule has 3 aromatic carbocycles. The third-order valence-electron chi connectivity index (χ3n) is 7.14. The van der Waals surface area contributed by atoms with Crippen LogP contribution in [0.2, 0.25) is 0 Å². The van der Waals surface area contributed by atoms with Crippen LogP contribution >= 0.6 is 23.1 Å². The van der Waals surface area contributed by atoms with Crippen molar-refractivity contribution in [2.75, 3.05) is 10.2 Å². The first-order valence-corrected chi connectivity index (χ1v) is 14.4. The van der Waals surface area contributed by atoms with E-state index in [9.17, 15) is 41.1 Å². The van der Waals surface area contributed by atoms with E-state index in [4.69, 9.17) is 0 Å². The Bertz CT molecular complexity index is 1820. The molecular formula is C29H18F5N3O4S2. The quantitative estimate of drug-likeness (QED) is 0.228. The number of alkyl halides is 3. The molecule has 14 heteroatoms. The molecule has 2 aliphatic heterocycles. The smallest absolute Gasteiger partial charge is 0.325 e. The molecule has 1 aromatic heterocycles. The monoisotopic (exact) mass is 631 g/mol. The number of imide groups is 1. The van der Waals surface area contributed by atoms with Crippen LogP contribution in [-0.4, -0.2) is 27.5 Å². The molecule has 6 rings (SSSR count). The lowest BCUT2D eigenvalue weighted by molar-refractivity contribution is -0.137. The minimum atomic E-state index is -4.63. The Morgan fingerprint density at radius 1 is 0.884 bits per heavy atom. The second kappa shape index (κ2) is 10.8. The van der Waals surface area contributed by atoms with Crippen LogP contribution < -0.4 is 15.1 Å². The van der Waals surface area contributed by atoms with Gasteiger partial charge in [0.2, 0.25) is 17.7 Å². The van der Waals surface area contributed by atoms with Crippen LogP contribution in [-0.2, 0) is 27.1 Å². The number of thioether (sulfide) groups is 1. The van der Waals surface area contributed by atoms with E-state index in [2.05, 4.69) is 5.32 Å². The molecule has 0 spiro atoms. The van der Waals surface area contributed by atoms with Gasteiger partial charge >= 0.3 is 11.0 Å². The van der Waals surface area contributed by atoms with Crippen LogP contribution in [0.15, 0.2) is 82.6 Å². The molecule has 43 heavy (non-hydrogen) atoms. The molecule has 1 fully saturated rings. The lowest BCUT2D eigenvalue weighted by atomic mass is 9.83. The van der Waals surface area contributed by atoms with Crippen molar-refractivity contribution >= 4 is 52.2 Å². The predicted molar refractivity (Wildman–Crippen MR) is 149 cm³/mol. The molecular weight excluding hydrogens is 613 g/mol. The van der Waals surface area contributed by atoms with E-state index in [-0.39, 0.29) is 16.4 Å². The van der Waals surface area contributed by atoms with Crippen LogP contribution in [0.5, 0.6) is 0 Å². The summed E-state index contributed by atoms with van der Waals surface area (Å²) in [6.07, 6.45) is -4.63. The SMILES string of the molecule is O=C(Cn1c2c(sc1=O)[C@H](c1ccc(F)cc1)C1C(=O)N(c3ccc(F)cc3)C(=O)C1S2)Nc1cccc(C(F)(F)F)c1. The molecule has 0 aliphatic carbocycles. The molecule has 0 radical (unpaired) electrons. The van der Waals surface area contributed by atoms with Crippen molar-refractivity contribution < 1.29 is 36.3 Å². The number of thiazole rings is 1. The fourth-order valence-corrected chi connectivity index (χ4v) is 8.02. The van der Waals surface area contributed by atoms with Gasteiger partial charge < -0.3 is 5.32 Å². The van der Waals surface area contributed by atoms with Crippen LogP contribution in [0.3, 0.4) is 0 Å². The highest BCUT2D eigenvalue weighted by Gasteiger charge is 2.56. The molecule has 1 N–H and O–H groups in total. The summed E-state index contributed by atoms with van der Waals surface area (Å²) >= 11 is 1.69. The number of anilines is 2. The minimum Gasteiger partial charge on any atom is -0.325 e. The van der Waals surface area contributed by atoms with E-state index in [0.717, 1.165) is 62.9 Å². The standard InChI is InChI=1S/C29H18F5N3O4S2/c30-16-6-4-14(5-7-16)21-22-23(26(40)37(25(22)39)19-10-8-17(31)9-11-19)42-27-24(21)43-28(41)36(27)13-20(38)35-18-3-1-2-15(12-18)29(32,33)34/h1-12,21-23H,13H2,(H,35,38)/t21-,22?,23?/m1/s1. The number of aromatic nitrogens is 1. The number of amides is 3. The number of nitrogens with one attached hydrogen (secondary N) is 1. The van der Waals surface area contributed by atoms with Gasteiger partial charge in [0.15, 0.2) is 0 Å². The number of hydrogen-bond acceptors (Lipinski definition) is 6. The summed E-state index contributed by atoms with van der Waals surface area (Å²) in [4.78, 5) is 54.3. The summed E-state index contributed by atoms with van der Waals surface area (Å²) in [6.45, 7) is -0.578. The summed E-state index contributed by atoms with van der Waals surface area (Å²) in [5.41, 5.74) is -0.470. The fraction of sp³-hybridized carbons (Fsp3) is 0.172. The number of carbonyl (C=O) groups is 3. The number of nitrogens with zero attached hydrogens (tertiary/aromatic N) is 2. The molecule has 2 unspecified atom stereocenters. The summed E-state index contributed by atoms with van der Waals surface area (Å²) in [5, 5.41) is 1.57. The average molecular weight is 632 g/mol. The van der Waals surface area contributed by atoms with Gasteiger partial charge in [0.1, 0.15) is 23.4 Å². The lowest BCUT2D eigenvalue weighted by Crippen LogP contribution is -2.33. The first kappa shape index (κ1) is 28.8. The van der Waals surface area contributed by atoms with Gasteiger partial charge in [0, 0.05) is 16.5 Å². The van der Waals surface area contributed by atoms with Crippen molar-refractivity contribution in [3.8, 4) is 0 Å². The van der Waals surface area contributed by atoms with Gasteiger partial charge in [-0.1, -0.05) is 41.3 Å². The lowest BCUT2D eigenvalue weighted by Gasteiger charge is -2.30. The van der Waals surface area contributed by atoms with Crippen LogP contribution in [0.4, 0.5) is 33.3 Å². The maximum Gasteiger partial charge on any atom is 0.416 e. The Hall–Kier alpha value is -4.30. The molecule has 0 saturated carbocycles. The van der Waals surface area contributed by atoms with Gasteiger partial charge in [-0.25, -0.2) is 13.7 Å². The zero-order valence-electron chi connectivity index (χ0n) is 21.6. The molecule has 3 amide bonds. The molecule has 0 bridgehead atoms. The highest BCUT2D eigenvalue weighted by atomic mass is 32.2. The Labute approximate surface area is 247 Å². The first-order chi connectivity index (χ1) is 20.4. The highest BCUT2D eigenvalue weighted by molar-refractivity contribution is 8.00. The van der Waals surface area contributed by atoms with Crippen molar-refractivity contribution in [2.45, 2.75) is 28.9 Å². The largest absolute Gasteiger partial charge is 0.416 e. The number of rotatable bonds is 5. The Morgan fingerprint density at radius 3 is 2.19 bits per heavy atom. The topological polar surface area (TPSA) is 88.5 Å². The maximum atomic E-state index is 13.8. The highest BCUT2D eigenvalue weighted by Crippen LogP contribution is 2.53. The van der Waals surface area contributed by atoms with E-state index in [1.165, 1.54) is 42.5 Å². The third kappa shape index (κ3) is 5.25. The Balaban J connectivity index is 1.37. The molecule has 3 atom stereocenters. The summed E-state index contributed by atoms with van der Waals surface area (Å²) in [6, 6.07) is 14.1. The van der Waals surface area contributed by atoms with Gasteiger partial charge in [-0.3, -0.25) is 23.7 Å². The molecule has 1 saturated heterocycles. The van der Waals surface area contributed by atoms with Crippen LogP contribution in [0, 0.1) is 17.6 Å². The number of hydrogen-bond donors (Lipinski definition) is 1. The maximum absolute atomic E-state index is 13.8. The van der Waals surface area contributed by atoms with Gasteiger partial charge in [0.05, 0.1) is 22.2 Å². The van der Waals surface area contributed by atoms with Gasteiger partial charge in [-0.15, -0.1) is 0 Å². The van der Waals surface area contributed by atoms with E-state index in [1.54, 1.807) is 0 Å². The average Bonchev–Trinajstić information content (AvgIpc) is 3.40. The van der Waals surface area contributed by atoms with Gasteiger partial charge in [0.25, 0.3) is 0 Å². The van der Waals surface area contributed by atoms with E-state index < -0.39 is 69.6 Å². The van der Waals surface area contributed by atoms with Crippen molar-refractivity contribution in [3.05, 3.63) is 110 Å². The van der Waals surface area contributed by atoms with Crippen LogP contribution in [0.25, 0.3) is 0 Å². The van der Waals surface area contributed by atoms with E-state index in [0.29, 0.717) is 10.4 Å². The molecule has 4 aromatic rings. The zero-order chi connectivity index (χ0) is 30.6. The Kier molecular flexibility index (Phi) is 7.21. The summed E-state index contributed by atoms with van der Waals surface area (Å²) < 4.78 is 67.9. The van der Waals surface area contributed by atoms with Crippen molar-refractivity contribution in [1.29, 1.82) is 0 Å². The fourth-order valence-electron chi connectivity index (χ4n) is 5.25. The molecule has 3 heterocycles. The van der Waals surface area contributed by atoms with Crippen molar-refractivity contribution in [3.63, 3.8) is 0 Å². The second-order valence-electron chi connectivity index (χ2n) is 9.83. The zero-order valence-corrected chi connectivity index (χ0v) is 23.2. The van der Waals surface area contributed by atoms with Gasteiger partial charge in [-0.2, -0.15) is 13.2 Å². The summed E-state index contributed by atoms with van der Waals surface area (Å²) in [5.74, 6) is -4.92. The molecule has 7 nitrogen and oxygen atoms in total. The van der Waals surface area contributed by atoms with E-state index >= 15 is 0 Å². The molecule has 220 valence electrons. The number of benzene rings is 3. The predicted octanol–water partition coefficient (Wildman–Crippen LogP) is 5.64. The number of carbonyl (C=O) groups excluding carboxylic acids is 3. The number of fused-ring (bicyclic) bond motifs is 2. The normalized spacial score (nSPS) is 19.7.